The van der Waals surface area contributed by atoms with E-state index < -0.39 is 0 Å². The van der Waals surface area contributed by atoms with Gasteiger partial charge in [0.15, 0.2) is 0 Å². The fourth-order valence-corrected chi connectivity index (χ4v) is 1.76. The molecule has 0 bridgehead atoms. The van der Waals surface area contributed by atoms with Crippen LogP contribution in [0.25, 0.3) is 0 Å². The molecule has 1 aliphatic carbocycles. The Kier molecular flexibility index (Phi) is 2.40. The fraction of sp³-hybridized carbons (Fsp3) is 0.750. The number of hydrogen-bond donors (Lipinski definition) is 1. The zero-order chi connectivity index (χ0) is 7.12. The Morgan fingerprint density at radius 1 is 1.40 bits per heavy atom. The first-order valence-corrected chi connectivity index (χ1v) is 3.24. The second-order valence-electron chi connectivity index (χ2n) is 3.82. The molecule has 0 aromatic carbocycles. The third-order valence-corrected chi connectivity index (χ3v) is 1.88. The fourth-order valence-electron chi connectivity index (χ4n) is 1.76. The Bertz CT molecular complexity index is 159. The molecule has 0 aromatic rings. The van der Waals surface area contributed by atoms with Crippen LogP contribution in [-0.2, 0) is 0 Å². The maximum Gasteiger partial charge on any atom is 0.0783 e. The molecule has 1 saturated carbocycles. The first kappa shape index (κ1) is 9.81. The Labute approximate surface area is 68.8 Å². The van der Waals surface area contributed by atoms with Crippen LogP contribution in [-0.4, -0.2) is 5.54 Å². The molecule has 2 N–H and O–H groups in total. The molecular formula is C8H14ClN. The topological polar surface area (TPSA) is 26.0 Å². The molecule has 58 valence electrons. The Balaban J connectivity index is 0.000000810. The monoisotopic (exact) mass is 159 g/mol. The summed E-state index contributed by atoms with van der Waals surface area (Å²) in [5.41, 5.74) is 5.86. The highest BCUT2D eigenvalue weighted by molar-refractivity contribution is 5.85. The predicted molar refractivity (Wildman–Crippen MR) is 46.0 cm³/mol. The first-order chi connectivity index (χ1) is 3.97. The average molecular weight is 160 g/mol. The molecule has 2 heteroatoms. The zero-order valence-corrected chi connectivity index (χ0v) is 7.29. The van der Waals surface area contributed by atoms with Gasteiger partial charge >= 0.3 is 0 Å². The molecule has 0 saturated heterocycles. The minimum absolute atomic E-state index is 0. The van der Waals surface area contributed by atoms with E-state index in [1.165, 1.54) is 0 Å². The van der Waals surface area contributed by atoms with Crippen molar-refractivity contribution in [2.45, 2.75) is 32.2 Å². The highest BCUT2D eigenvalue weighted by atomic mass is 35.5. The SMILES string of the molecule is C#CC1(N)CC(C)(C)C1.Cl. The smallest absolute Gasteiger partial charge is 0.0783 e. The summed E-state index contributed by atoms with van der Waals surface area (Å²) in [6.07, 6.45) is 7.15. The molecular weight excluding hydrogens is 146 g/mol. The van der Waals surface area contributed by atoms with Crippen LogP contribution in [0.5, 0.6) is 0 Å². The summed E-state index contributed by atoms with van der Waals surface area (Å²) < 4.78 is 0. The molecule has 0 atom stereocenters. The van der Waals surface area contributed by atoms with E-state index >= 15 is 0 Å². The molecule has 0 aromatic heterocycles. The van der Waals surface area contributed by atoms with Crippen molar-refractivity contribution in [3.63, 3.8) is 0 Å². The summed E-state index contributed by atoms with van der Waals surface area (Å²) in [6, 6.07) is 0. The molecule has 1 rings (SSSR count). The number of halogens is 1. The van der Waals surface area contributed by atoms with Gasteiger partial charge in [-0.2, -0.15) is 0 Å². The van der Waals surface area contributed by atoms with Crippen LogP contribution in [0, 0.1) is 17.8 Å². The summed E-state index contributed by atoms with van der Waals surface area (Å²) in [4.78, 5) is 0. The summed E-state index contributed by atoms with van der Waals surface area (Å²) in [7, 11) is 0. The third-order valence-electron chi connectivity index (χ3n) is 1.88. The molecule has 0 unspecified atom stereocenters. The van der Waals surface area contributed by atoms with Crippen molar-refractivity contribution in [3.05, 3.63) is 0 Å². The van der Waals surface area contributed by atoms with Crippen LogP contribution in [0.3, 0.4) is 0 Å². The summed E-state index contributed by atoms with van der Waals surface area (Å²) in [5.74, 6) is 2.61. The van der Waals surface area contributed by atoms with Gasteiger partial charge < -0.3 is 5.73 Å². The standard InChI is InChI=1S/C8H13N.ClH/c1-4-8(9)5-7(2,3)6-8;/h1H,5-6,9H2,2-3H3;1H. The van der Waals surface area contributed by atoms with Crippen LogP contribution in [0.4, 0.5) is 0 Å². The number of terminal acetylenes is 1. The van der Waals surface area contributed by atoms with Gasteiger partial charge in [-0.1, -0.05) is 19.8 Å². The van der Waals surface area contributed by atoms with Gasteiger partial charge in [0.1, 0.15) is 0 Å². The molecule has 0 spiro atoms. The minimum Gasteiger partial charge on any atom is -0.315 e. The van der Waals surface area contributed by atoms with E-state index in [0.29, 0.717) is 5.41 Å². The molecule has 0 aliphatic heterocycles. The Morgan fingerprint density at radius 2 is 1.80 bits per heavy atom. The lowest BCUT2D eigenvalue weighted by molar-refractivity contribution is 0.107. The number of rotatable bonds is 0. The van der Waals surface area contributed by atoms with Gasteiger partial charge in [-0.05, 0) is 18.3 Å². The van der Waals surface area contributed by atoms with Crippen molar-refractivity contribution in [2.75, 3.05) is 0 Å². The molecule has 10 heavy (non-hydrogen) atoms. The number of hydrogen-bond acceptors (Lipinski definition) is 1. The highest BCUT2D eigenvalue weighted by Crippen LogP contribution is 2.45. The van der Waals surface area contributed by atoms with Crippen molar-refractivity contribution >= 4 is 12.4 Å². The van der Waals surface area contributed by atoms with Gasteiger partial charge in [0.25, 0.3) is 0 Å². The van der Waals surface area contributed by atoms with E-state index in [4.69, 9.17) is 12.2 Å². The average Bonchev–Trinajstić information content (AvgIpc) is 1.61. The molecule has 1 aliphatic rings. The summed E-state index contributed by atoms with van der Waals surface area (Å²) >= 11 is 0. The molecule has 1 nitrogen and oxygen atoms in total. The summed E-state index contributed by atoms with van der Waals surface area (Å²) in [6.45, 7) is 4.38. The van der Waals surface area contributed by atoms with Crippen molar-refractivity contribution in [1.82, 2.24) is 0 Å². The normalized spacial score (nSPS) is 25.4. The van der Waals surface area contributed by atoms with Crippen LogP contribution >= 0.6 is 12.4 Å². The molecule has 0 radical (unpaired) electrons. The van der Waals surface area contributed by atoms with Gasteiger partial charge in [0.2, 0.25) is 0 Å². The highest BCUT2D eigenvalue weighted by Gasteiger charge is 2.45. The van der Waals surface area contributed by atoms with E-state index in [1.807, 2.05) is 0 Å². The largest absolute Gasteiger partial charge is 0.315 e. The van der Waals surface area contributed by atoms with E-state index in [2.05, 4.69) is 19.8 Å². The molecule has 0 amide bonds. The number of nitrogens with two attached hydrogens (primary N) is 1. The second kappa shape index (κ2) is 2.45. The lowest BCUT2D eigenvalue weighted by Crippen LogP contribution is -2.54. The van der Waals surface area contributed by atoms with Gasteiger partial charge in [-0.15, -0.1) is 18.8 Å². The van der Waals surface area contributed by atoms with Crippen LogP contribution in [0.15, 0.2) is 0 Å². The maximum atomic E-state index is 5.74. The van der Waals surface area contributed by atoms with Crippen LogP contribution < -0.4 is 5.73 Å². The lowest BCUT2D eigenvalue weighted by Gasteiger charge is -2.47. The molecule has 1 fully saturated rings. The van der Waals surface area contributed by atoms with Crippen molar-refractivity contribution in [1.29, 1.82) is 0 Å². The first-order valence-electron chi connectivity index (χ1n) is 3.24. The predicted octanol–water partition coefficient (Wildman–Crippen LogP) is 1.56. The minimum atomic E-state index is -0.274. The lowest BCUT2D eigenvalue weighted by atomic mass is 9.60. The second-order valence-corrected chi connectivity index (χ2v) is 3.82. The van der Waals surface area contributed by atoms with Crippen LogP contribution in [0.1, 0.15) is 26.7 Å². The Morgan fingerprint density at radius 3 is 1.90 bits per heavy atom. The van der Waals surface area contributed by atoms with Crippen molar-refractivity contribution < 1.29 is 0 Å². The van der Waals surface area contributed by atoms with E-state index in [1.54, 1.807) is 0 Å². The van der Waals surface area contributed by atoms with E-state index in [0.717, 1.165) is 12.8 Å². The summed E-state index contributed by atoms with van der Waals surface area (Å²) in [5, 5.41) is 0. The van der Waals surface area contributed by atoms with Gasteiger partial charge in [-0.25, -0.2) is 0 Å². The Hall–Kier alpha value is -0.190. The maximum absolute atomic E-state index is 5.74. The van der Waals surface area contributed by atoms with Crippen molar-refractivity contribution in [2.24, 2.45) is 11.1 Å². The van der Waals surface area contributed by atoms with Crippen LogP contribution in [0.2, 0.25) is 0 Å². The van der Waals surface area contributed by atoms with E-state index in [-0.39, 0.29) is 17.9 Å². The molecule has 0 heterocycles. The van der Waals surface area contributed by atoms with Crippen molar-refractivity contribution in [3.8, 4) is 12.3 Å². The van der Waals surface area contributed by atoms with Gasteiger partial charge in [0.05, 0.1) is 5.54 Å². The van der Waals surface area contributed by atoms with E-state index in [9.17, 15) is 0 Å². The zero-order valence-electron chi connectivity index (χ0n) is 6.48. The van der Waals surface area contributed by atoms with Gasteiger partial charge in [0, 0.05) is 0 Å². The quantitative estimate of drug-likeness (QED) is 0.534. The third kappa shape index (κ3) is 1.65. The van der Waals surface area contributed by atoms with Gasteiger partial charge in [-0.3, -0.25) is 0 Å².